The zero-order valence-electron chi connectivity index (χ0n) is 11.1. The molecule has 1 atom stereocenters. The number of fused-ring (bicyclic) bond motifs is 1. The van der Waals surface area contributed by atoms with Crippen molar-refractivity contribution in [2.45, 2.75) is 12.5 Å². The van der Waals surface area contributed by atoms with Gasteiger partial charge in [-0.3, -0.25) is 4.68 Å². The number of likely N-dealkylation sites (N-methyl/N-ethyl adjacent to an activating group) is 1. The van der Waals surface area contributed by atoms with Crippen LogP contribution >= 0.6 is 11.3 Å². The van der Waals surface area contributed by atoms with Crippen LogP contribution < -0.4 is 5.32 Å². The average molecular weight is 271 g/mol. The van der Waals surface area contributed by atoms with Gasteiger partial charge in [-0.05, 0) is 41.9 Å². The van der Waals surface area contributed by atoms with Crippen molar-refractivity contribution in [2.24, 2.45) is 7.05 Å². The highest BCUT2D eigenvalue weighted by atomic mass is 32.1. The summed E-state index contributed by atoms with van der Waals surface area (Å²) >= 11 is 1.82. The SMILES string of the molecule is CNC(Cc1csc2ccccc12)c1ccnn1C. The number of thiophene rings is 1. The van der Waals surface area contributed by atoms with Gasteiger partial charge in [0.25, 0.3) is 0 Å². The summed E-state index contributed by atoms with van der Waals surface area (Å²) in [5.41, 5.74) is 2.62. The molecule has 0 bridgehead atoms. The van der Waals surface area contributed by atoms with Gasteiger partial charge in [0.2, 0.25) is 0 Å². The van der Waals surface area contributed by atoms with Crippen LogP contribution in [0.15, 0.2) is 41.9 Å². The molecule has 3 aromatic rings. The Kier molecular flexibility index (Phi) is 3.36. The largest absolute Gasteiger partial charge is 0.311 e. The third kappa shape index (κ3) is 2.29. The third-order valence-electron chi connectivity index (χ3n) is 3.55. The summed E-state index contributed by atoms with van der Waals surface area (Å²) in [5, 5.41) is 11.3. The van der Waals surface area contributed by atoms with Gasteiger partial charge in [-0.1, -0.05) is 18.2 Å². The summed E-state index contributed by atoms with van der Waals surface area (Å²) in [6.45, 7) is 0. The second-order valence-electron chi connectivity index (χ2n) is 4.68. The Labute approximate surface area is 116 Å². The predicted octanol–water partition coefficient (Wildman–Crippen LogP) is 3.14. The number of nitrogens with zero attached hydrogens (tertiary/aromatic N) is 2. The molecule has 0 aliphatic heterocycles. The number of nitrogens with one attached hydrogen (secondary N) is 1. The number of benzene rings is 1. The number of hydrogen-bond acceptors (Lipinski definition) is 3. The molecule has 0 amide bonds. The molecular formula is C15H17N3S. The van der Waals surface area contributed by atoms with E-state index in [4.69, 9.17) is 0 Å². The molecule has 3 nitrogen and oxygen atoms in total. The van der Waals surface area contributed by atoms with Crippen molar-refractivity contribution in [3.63, 3.8) is 0 Å². The van der Waals surface area contributed by atoms with Crippen molar-refractivity contribution in [3.05, 3.63) is 53.2 Å². The minimum absolute atomic E-state index is 0.297. The van der Waals surface area contributed by atoms with Crippen LogP contribution in [0.25, 0.3) is 10.1 Å². The van der Waals surface area contributed by atoms with Gasteiger partial charge in [0.05, 0.1) is 11.7 Å². The molecule has 0 saturated carbocycles. The Morgan fingerprint density at radius 3 is 2.89 bits per heavy atom. The lowest BCUT2D eigenvalue weighted by molar-refractivity contribution is 0.539. The fraction of sp³-hybridized carbons (Fsp3) is 0.267. The van der Waals surface area contributed by atoms with Crippen LogP contribution in [-0.2, 0) is 13.5 Å². The first-order chi connectivity index (χ1) is 9.29. The van der Waals surface area contributed by atoms with E-state index in [9.17, 15) is 0 Å². The minimum atomic E-state index is 0.297. The fourth-order valence-corrected chi connectivity index (χ4v) is 3.47. The first kappa shape index (κ1) is 12.4. The quantitative estimate of drug-likeness (QED) is 0.790. The number of hydrogen-bond donors (Lipinski definition) is 1. The van der Waals surface area contributed by atoms with Crippen LogP contribution in [0, 0.1) is 0 Å². The second kappa shape index (κ2) is 5.15. The Morgan fingerprint density at radius 2 is 2.16 bits per heavy atom. The monoisotopic (exact) mass is 271 g/mol. The van der Waals surface area contributed by atoms with E-state index in [0.717, 1.165) is 6.42 Å². The summed E-state index contributed by atoms with van der Waals surface area (Å²) in [6.07, 6.45) is 2.84. The second-order valence-corrected chi connectivity index (χ2v) is 5.59. The molecule has 19 heavy (non-hydrogen) atoms. The highest BCUT2D eigenvalue weighted by Gasteiger charge is 2.15. The first-order valence-electron chi connectivity index (χ1n) is 6.40. The summed E-state index contributed by atoms with van der Waals surface area (Å²) in [6, 6.07) is 11.0. The Hall–Kier alpha value is -1.65. The van der Waals surface area contributed by atoms with E-state index in [-0.39, 0.29) is 0 Å². The van der Waals surface area contributed by atoms with Crippen molar-refractivity contribution >= 4 is 21.4 Å². The van der Waals surface area contributed by atoms with Gasteiger partial charge in [-0.25, -0.2) is 0 Å². The van der Waals surface area contributed by atoms with Crippen LogP contribution in [0.5, 0.6) is 0 Å². The highest BCUT2D eigenvalue weighted by molar-refractivity contribution is 7.17. The van der Waals surface area contributed by atoms with E-state index in [0.29, 0.717) is 6.04 Å². The molecule has 0 spiro atoms. The molecular weight excluding hydrogens is 254 g/mol. The molecule has 0 fully saturated rings. The van der Waals surface area contributed by atoms with E-state index in [1.54, 1.807) is 0 Å². The normalized spacial score (nSPS) is 12.9. The lowest BCUT2D eigenvalue weighted by Gasteiger charge is -2.16. The maximum atomic E-state index is 4.26. The third-order valence-corrected chi connectivity index (χ3v) is 4.56. The lowest BCUT2D eigenvalue weighted by Crippen LogP contribution is -2.21. The van der Waals surface area contributed by atoms with Crippen molar-refractivity contribution in [1.82, 2.24) is 15.1 Å². The molecule has 0 aliphatic carbocycles. The standard InChI is InChI=1S/C15H17N3S/c1-16-13(14-7-8-17-18(14)2)9-11-10-19-15-6-4-3-5-12(11)15/h3-8,10,13,16H,9H2,1-2H3. The molecule has 1 unspecified atom stereocenters. The predicted molar refractivity (Wildman–Crippen MR) is 80.5 cm³/mol. The summed E-state index contributed by atoms with van der Waals surface area (Å²) in [5.74, 6) is 0. The maximum Gasteiger partial charge on any atom is 0.0553 e. The summed E-state index contributed by atoms with van der Waals surface area (Å²) < 4.78 is 3.30. The Bertz CT molecular complexity index is 683. The van der Waals surface area contributed by atoms with Crippen LogP contribution in [0.3, 0.4) is 0 Å². The van der Waals surface area contributed by atoms with Gasteiger partial charge in [-0.2, -0.15) is 5.10 Å². The molecule has 2 aromatic heterocycles. The van der Waals surface area contributed by atoms with Crippen LogP contribution in [0.4, 0.5) is 0 Å². The highest BCUT2D eigenvalue weighted by Crippen LogP contribution is 2.29. The number of aryl methyl sites for hydroxylation is 1. The lowest BCUT2D eigenvalue weighted by atomic mass is 10.0. The Morgan fingerprint density at radius 1 is 1.32 bits per heavy atom. The molecule has 0 saturated heterocycles. The van der Waals surface area contributed by atoms with Gasteiger partial charge in [0, 0.05) is 17.9 Å². The topological polar surface area (TPSA) is 29.9 Å². The van der Waals surface area contributed by atoms with Gasteiger partial charge < -0.3 is 5.32 Å². The van der Waals surface area contributed by atoms with Crippen molar-refractivity contribution in [1.29, 1.82) is 0 Å². The van der Waals surface area contributed by atoms with Crippen LogP contribution in [-0.4, -0.2) is 16.8 Å². The molecule has 4 heteroatoms. The number of rotatable bonds is 4. The zero-order chi connectivity index (χ0) is 13.2. The molecule has 1 N–H and O–H groups in total. The average Bonchev–Trinajstić information content (AvgIpc) is 3.03. The smallest absolute Gasteiger partial charge is 0.0553 e. The summed E-state index contributed by atoms with van der Waals surface area (Å²) in [4.78, 5) is 0. The maximum absolute atomic E-state index is 4.26. The van der Waals surface area contributed by atoms with Crippen LogP contribution in [0.1, 0.15) is 17.3 Å². The van der Waals surface area contributed by atoms with E-state index in [2.05, 4.69) is 46.1 Å². The molecule has 2 heterocycles. The Balaban J connectivity index is 1.93. The van der Waals surface area contributed by atoms with Crippen LogP contribution in [0.2, 0.25) is 0 Å². The van der Waals surface area contributed by atoms with Crippen molar-refractivity contribution in [3.8, 4) is 0 Å². The van der Waals surface area contributed by atoms with Gasteiger partial charge >= 0.3 is 0 Å². The number of aromatic nitrogens is 2. The fourth-order valence-electron chi connectivity index (χ4n) is 2.49. The van der Waals surface area contributed by atoms with E-state index < -0.39 is 0 Å². The van der Waals surface area contributed by atoms with E-state index >= 15 is 0 Å². The summed E-state index contributed by atoms with van der Waals surface area (Å²) in [7, 11) is 4.00. The van der Waals surface area contributed by atoms with E-state index in [1.807, 2.05) is 36.3 Å². The zero-order valence-corrected chi connectivity index (χ0v) is 11.9. The van der Waals surface area contributed by atoms with Crippen molar-refractivity contribution in [2.75, 3.05) is 7.05 Å². The molecule has 0 aliphatic rings. The van der Waals surface area contributed by atoms with Gasteiger partial charge in [-0.15, -0.1) is 11.3 Å². The van der Waals surface area contributed by atoms with Crippen molar-refractivity contribution < 1.29 is 0 Å². The minimum Gasteiger partial charge on any atom is -0.311 e. The van der Waals surface area contributed by atoms with Gasteiger partial charge in [0.15, 0.2) is 0 Å². The van der Waals surface area contributed by atoms with E-state index in [1.165, 1.54) is 21.3 Å². The molecule has 1 aromatic carbocycles. The molecule has 0 radical (unpaired) electrons. The van der Waals surface area contributed by atoms with Gasteiger partial charge in [0.1, 0.15) is 0 Å². The molecule has 3 rings (SSSR count). The first-order valence-corrected chi connectivity index (χ1v) is 7.28. The molecule has 98 valence electrons.